The molecule has 4 N–H and O–H groups in total. The highest BCUT2D eigenvalue weighted by Gasteiger charge is 2.19. The average Bonchev–Trinajstić information content (AvgIpc) is 2.31. The SMILES string of the molecule is CC(NC(=O)C(N)CC(=O)O)c1ccc(Cl)c(Cl)c1. The second-order valence-electron chi connectivity index (χ2n) is 4.11. The number of halogens is 2. The second kappa shape index (κ2) is 6.75. The number of aliphatic carboxylic acids is 1. The van der Waals surface area contributed by atoms with Crippen molar-refractivity contribution >= 4 is 35.1 Å². The first kappa shape index (κ1) is 15.8. The highest BCUT2D eigenvalue weighted by molar-refractivity contribution is 6.42. The number of carboxylic acids is 1. The van der Waals surface area contributed by atoms with E-state index < -0.39 is 24.3 Å². The van der Waals surface area contributed by atoms with Crippen LogP contribution in [0.4, 0.5) is 0 Å². The van der Waals surface area contributed by atoms with Crippen molar-refractivity contribution in [2.24, 2.45) is 5.73 Å². The molecule has 1 amide bonds. The summed E-state index contributed by atoms with van der Waals surface area (Å²) in [5.41, 5.74) is 6.21. The lowest BCUT2D eigenvalue weighted by atomic mass is 10.1. The van der Waals surface area contributed by atoms with Gasteiger partial charge in [-0.1, -0.05) is 29.3 Å². The Morgan fingerprint density at radius 2 is 2.00 bits per heavy atom. The van der Waals surface area contributed by atoms with E-state index >= 15 is 0 Å². The van der Waals surface area contributed by atoms with Gasteiger partial charge in [-0.2, -0.15) is 0 Å². The zero-order valence-corrected chi connectivity index (χ0v) is 11.7. The molecule has 2 atom stereocenters. The molecule has 19 heavy (non-hydrogen) atoms. The number of hydrogen-bond acceptors (Lipinski definition) is 3. The summed E-state index contributed by atoms with van der Waals surface area (Å²) in [6.07, 6.45) is -0.417. The maximum absolute atomic E-state index is 11.7. The van der Waals surface area contributed by atoms with E-state index in [0.29, 0.717) is 10.0 Å². The molecule has 0 spiro atoms. The molecule has 5 nitrogen and oxygen atoms in total. The Hall–Kier alpha value is -1.30. The molecule has 0 aliphatic rings. The number of hydrogen-bond donors (Lipinski definition) is 3. The van der Waals surface area contributed by atoms with Gasteiger partial charge in [-0.25, -0.2) is 0 Å². The summed E-state index contributed by atoms with van der Waals surface area (Å²) in [5.74, 6) is -1.65. The maximum Gasteiger partial charge on any atom is 0.305 e. The van der Waals surface area contributed by atoms with Crippen molar-refractivity contribution in [3.8, 4) is 0 Å². The number of carbonyl (C=O) groups is 2. The Labute approximate surface area is 120 Å². The number of benzene rings is 1. The van der Waals surface area contributed by atoms with Crippen LogP contribution in [0.2, 0.25) is 10.0 Å². The van der Waals surface area contributed by atoms with Crippen LogP contribution >= 0.6 is 23.2 Å². The topological polar surface area (TPSA) is 92.4 Å². The Kier molecular flexibility index (Phi) is 5.60. The van der Waals surface area contributed by atoms with Crippen LogP contribution in [-0.4, -0.2) is 23.0 Å². The summed E-state index contributed by atoms with van der Waals surface area (Å²) in [6.45, 7) is 1.74. The minimum atomic E-state index is -1.12. The van der Waals surface area contributed by atoms with E-state index in [0.717, 1.165) is 5.56 Å². The summed E-state index contributed by atoms with van der Waals surface area (Å²) in [5, 5.41) is 12.0. The molecule has 0 aliphatic heterocycles. The van der Waals surface area contributed by atoms with Crippen molar-refractivity contribution in [2.75, 3.05) is 0 Å². The third-order valence-corrected chi connectivity index (χ3v) is 3.27. The van der Waals surface area contributed by atoms with Crippen LogP contribution in [0.1, 0.15) is 24.9 Å². The molecule has 1 aromatic rings. The van der Waals surface area contributed by atoms with Crippen LogP contribution in [0.5, 0.6) is 0 Å². The number of amides is 1. The predicted molar refractivity (Wildman–Crippen MR) is 73.2 cm³/mol. The van der Waals surface area contributed by atoms with E-state index in [9.17, 15) is 9.59 Å². The molecule has 0 aromatic heterocycles. The van der Waals surface area contributed by atoms with Gasteiger partial charge in [0.15, 0.2) is 0 Å². The Morgan fingerprint density at radius 3 is 2.53 bits per heavy atom. The second-order valence-corrected chi connectivity index (χ2v) is 4.92. The van der Waals surface area contributed by atoms with Gasteiger partial charge in [-0.3, -0.25) is 9.59 Å². The highest BCUT2D eigenvalue weighted by atomic mass is 35.5. The van der Waals surface area contributed by atoms with Crippen molar-refractivity contribution < 1.29 is 14.7 Å². The zero-order chi connectivity index (χ0) is 14.6. The van der Waals surface area contributed by atoms with Crippen LogP contribution in [0.3, 0.4) is 0 Å². The summed E-state index contributed by atoms with van der Waals surface area (Å²) in [6, 6.07) is 3.56. The van der Waals surface area contributed by atoms with E-state index in [1.165, 1.54) is 0 Å². The number of nitrogens with one attached hydrogen (secondary N) is 1. The van der Waals surface area contributed by atoms with Crippen LogP contribution in [0.15, 0.2) is 18.2 Å². The third kappa shape index (κ3) is 4.70. The van der Waals surface area contributed by atoms with Crippen molar-refractivity contribution in [1.29, 1.82) is 0 Å². The Morgan fingerprint density at radius 1 is 1.37 bits per heavy atom. The molecular weight excluding hydrogens is 291 g/mol. The molecule has 0 heterocycles. The van der Waals surface area contributed by atoms with Gasteiger partial charge in [0, 0.05) is 0 Å². The molecule has 2 unspecified atom stereocenters. The van der Waals surface area contributed by atoms with Crippen molar-refractivity contribution in [3.63, 3.8) is 0 Å². The standard InChI is InChI=1S/C12H14Cl2N2O3/c1-6(7-2-3-8(13)9(14)4-7)16-12(19)10(15)5-11(17)18/h2-4,6,10H,5,15H2,1H3,(H,16,19)(H,17,18). The first-order valence-electron chi connectivity index (χ1n) is 5.54. The summed E-state index contributed by atoms with van der Waals surface area (Å²) >= 11 is 11.7. The summed E-state index contributed by atoms with van der Waals surface area (Å²) in [7, 11) is 0. The smallest absolute Gasteiger partial charge is 0.305 e. The molecule has 0 bridgehead atoms. The van der Waals surface area contributed by atoms with Crippen molar-refractivity contribution in [2.45, 2.75) is 25.4 Å². The predicted octanol–water partition coefficient (Wildman–Crippen LogP) is 1.97. The van der Waals surface area contributed by atoms with Crippen LogP contribution in [-0.2, 0) is 9.59 Å². The monoisotopic (exact) mass is 304 g/mol. The molecule has 7 heteroatoms. The number of carbonyl (C=O) groups excluding carboxylic acids is 1. The molecular formula is C12H14Cl2N2O3. The Balaban J connectivity index is 2.68. The first-order chi connectivity index (χ1) is 8.81. The molecule has 0 radical (unpaired) electrons. The highest BCUT2D eigenvalue weighted by Crippen LogP contribution is 2.25. The van der Waals surface area contributed by atoms with Crippen LogP contribution in [0, 0.1) is 0 Å². The minimum absolute atomic E-state index is 0.345. The van der Waals surface area contributed by atoms with Gasteiger partial charge in [-0.05, 0) is 24.6 Å². The normalized spacial score (nSPS) is 13.7. The van der Waals surface area contributed by atoms with Gasteiger partial charge in [0.2, 0.25) is 5.91 Å². The van der Waals surface area contributed by atoms with E-state index in [1.807, 2.05) is 0 Å². The molecule has 0 saturated heterocycles. The van der Waals surface area contributed by atoms with Gasteiger partial charge in [-0.15, -0.1) is 0 Å². The van der Waals surface area contributed by atoms with Crippen LogP contribution in [0.25, 0.3) is 0 Å². The molecule has 1 aromatic carbocycles. The van der Waals surface area contributed by atoms with Gasteiger partial charge in [0.25, 0.3) is 0 Å². The third-order valence-electron chi connectivity index (χ3n) is 2.53. The molecule has 104 valence electrons. The Bertz CT molecular complexity index is 494. The number of carboxylic acid groups (broad SMARTS) is 1. The van der Waals surface area contributed by atoms with E-state index in [4.69, 9.17) is 34.0 Å². The van der Waals surface area contributed by atoms with Crippen molar-refractivity contribution in [1.82, 2.24) is 5.32 Å². The van der Waals surface area contributed by atoms with Gasteiger partial charge >= 0.3 is 5.97 Å². The molecule has 0 aliphatic carbocycles. The number of rotatable bonds is 5. The lowest BCUT2D eigenvalue weighted by molar-refractivity contribution is -0.139. The molecule has 0 saturated carbocycles. The quantitative estimate of drug-likeness (QED) is 0.775. The molecule has 0 fully saturated rings. The van der Waals surface area contributed by atoms with E-state index in [2.05, 4.69) is 5.32 Å². The lowest BCUT2D eigenvalue weighted by Crippen LogP contribution is -2.42. The van der Waals surface area contributed by atoms with Crippen molar-refractivity contribution in [3.05, 3.63) is 33.8 Å². The summed E-state index contributed by atoms with van der Waals surface area (Å²) in [4.78, 5) is 22.1. The van der Waals surface area contributed by atoms with E-state index in [1.54, 1.807) is 25.1 Å². The largest absolute Gasteiger partial charge is 0.481 e. The maximum atomic E-state index is 11.7. The first-order valence-corrected chi connectivity index (χ1v) is 6.29. The summed E-state index contributed by atoms with van der Waals surface area (Å²) < 4.78 is 0. The molecule has 1 rings (SSSR count). The fourth-order valence-electron chi connectivity index (χ4n) is 1.47. The van der Waals surface area contributed by atoms with Gasteiger partial charge < -0.3 is 16.2 Å². The van der Waals surface area contributed by atoms with Crippen LogP contribution < -0.4 is 11.1 Å². The lowest BCUT2D eigenvalue weighted by Gasteiger charge is -2.17. The fourth-order valence-corrected chi connectivity index (χ4v) is 1.77. The number of nitrogens with two attached hydrogens (primary N) is 1. The van der Waals surface area contributed by atoms with Gasteiger partial charge in [0.1, 0.15) is 0 Å². The van der Waals surface area contributed by atoms with Gasteiger partial charge in [0.05, 0.1) is 28.5 Å². The zero-order valence-electron chi connectivity index (χ0n) is 10.2. The fraction of sp³-hybridized carbons (Fsp3) is 0.333. The van der Waals surface area contributed by atoms with E-state index in [-0.39, 0.29) is 6.04 Å². The average molecular weight is 305 g/mol. The minimum Gasteiger partial charge on any atom is -0.481 e.